The quantitative estimate of drug-likeness (QED) is 0.770. The van der Waals surface area contributed by atoms with Crippen LogP contribution in [0.15, 0.2) is 41.7 Å². The number of anilines is 1. The molecule has 2 rings (SSSR count). The zero-order chi connectivity index (χ0) is 19.3. The number of carbonyl (C=O) groups excluding carboxylic acids is 1. The Kier molecular flexibility index (Phi) is 6.31. The van der Waals surface area contributed by atoms with Crippen molar-refractivity contribution in [3.63, 3.8) is 0 Å². The second-order valence-electron chi connectivity index (χ2n) is 6.37. The van der Waals surface area contributed by atoms with Crippen LogP contribution in [-0.4, -0.2) is 36.6 Å². The molecule has 0 saturated heterocycles. The molecule has 0 aromatic carbocycles. The molecule has 0 radical (unpaired) electrons. The second kappa shape index (κ2) is 8.27. The summed E-state index contributed by atoms with van der Waals surface area (Å²) in [6, 6.07) is 6.30. The van der Waals surface area contributed by atoms with Gasteiger partial charge in [-0.05, 0) is 50.1 Å². The van der Waals surface area contributed by atoms with Crippen LogP contribution in [0.5, 0.6) is 0 Å². The minimum Gasteiger partial charge on any atom is -0.368 e. The van der Waals surface area contributed by atoms with Crippen LogP contribution < -0.4 is 10.6 Å². The summed E-state index contributed by atoms with van der Waals surface area (Å²) < 4.78 is 24.0. The molecule has 7 nitrogen and oxygen atoms in total. The summed E-state index contributed by atoms with van der Waals surface area (Å²) in [7, 11) is -3.48. The number of hydrogen-bond acceptors (Lipinski definition) is 6. The van der Waals surface area contributed by atoms with Gasteiger partial charge in [-0.2, -0.15) is 0 Å². The van der Waals surface area contributed by atoms with Gasteiger partial charge in [0, 0.05) is 30.3 Å². The van der Waals surface area contributed by atoms with Gasteiger partial charge in [0.05, 0.1) is 6.04 Å². The minimum atomic E-state index is -3.48. The van der Waals surface area contributed by atoms with Crippen molar-refractivity contribution in [2.45, 2.75) is 44.3 Å². The first-order valence-electron chi connectivity index (χ1n) is 8.40. The van der Waals surface area contributed by atoms with Crippen molar-refractivity contribution in [3.05, 3.63) is 47.8 Å². The van der Waals surface area contributed by atoms with Crippen LogP contribution >= 0.6 is 0 Å². The Morgan fingerprint density at radius 2 is 1.85 bits per heavy atom. The van der Waals surface area contributed by atoms with Crippen molar-refractivity contribution >= 4 is 21.6 Å². The second-order valence-corrected chi connectivity index (χ2v) is 8.33. The maximum Gasteiger partial charge on any atom is 0.251 e. The van der Waals surface area contributed by atoms with Gasteiger partial charge in [0.2, 0.25) is 0 Å². The number of amides is 1. The topological polar surface area (TPSA) is 101 Å². The number of hydrogen-bond donors (Lipinski definition) is 2. The highest BCUT2D eigenvalue weighted by Crippen LogP contribution is 2.23. The standard InChI is InChI=1S/C18H24N4O3S/c1-5-15(21-18(23)13-6-8-19-9-7-13)14-10-16(20-12(2)3)22-17(11-14)26(4,24)25/h6-12,15H,5H2,1-4H3,(H,20,22)(H,21,23)/t15-/m0/s1. The summed E-state index contributed by atoms with van der Waals surface area (Å²) in [5, 5.41) is 6.05. The SMILES string of the molecule is CC[C@H](NC(=O)c1ccncc1)c1cc(NC(C)C)nc(S(C)(=O)=O)c1. The van der Waals surface area contributed by atoms with E-state index in [1.165, 1.54) is 6.07 Å². The summed E-state index contributed by atoms with van der Waals surface area (Å²) in [5.74, 6) is 0.227. The summed E-state index contributed by atoms with van der Waals surface area (Å²) in [6.07, 6.45) is 4.82. The van der Waals surface area contributed by atoms with Crippen molar-refractivity contribution in [2.24, 2.45) is 0 Å². The number of nitrogens with zero attached hydrogens (tertiary/aromatic N) is 2. The molecule has 8 heteroatoms. The summed E-state index contributed by atoms with van der Waals surface area (Å²) >= 11 is 0. The molecular weight excluding hydrogens is 352 g/mol. The summed E-state index contributed by atoms with van der Waals surface area (Å²) in [4.78, 5) is 20.5. The molecule has 2 aromatic heterocycles. The smallest absolute Gasteiger partial charge is 0.251 e. The third-order valence-corrected chi connectivity index (χ3v) is 4.67. The lowest BCUT2D eigenvalue weighted by Gasteiger charge is -2.20. The van der Waals surface area contributed by atoms with Gasteiger partial charge in [-0.3, -0.25) is 9.78 Å². The highest BCUT2D eigenvalue weighted by molar-refractivity contribution is 7.90. The highest BCUT2D eigenvalue weighted by Gasteiger charge is 2.19. The number of rotatable bonds is 7. The Labute approximate surface area is 154 Å². The molecule has 0 fully saturated rings. The van der Waals surface area contributed by atoms with E-state index in [4.69, 9.17) is 0 Å². The average molecular weight is 376 g/mol. The molecule has 0 aliphatic rings. The highest BCUT2D eigenvalue weighted by atomic mass is 32.2. The molecule has 0 saturated carbocycles. The van der Waals surface area contributed by atoms with Crippen molar-refractivity contribution < 1.29 is 13.2 Å². The average Bonchev–Trinajstić information content (AvgIpc) is 2.58. The number of pyridine rings is 2. The molecule has 0 aliphatic carbocycles. The van der Waals surface area contributed by atoms with Crippen molar-refractivity contribution in [1.82, 2.24) is 15.3 Å². The van der Waals surface area contributed by atoms with E-state index < -0.39 is 9.84 Å². The van der Waals surface area contributed by atoms with E-state index in [-0.39, 0.29) is 23.0 Å². The van der Waals surface area contributed by atoms with Gasteiger partial charge in [0.25, 0.3) is 5.91 Å². The Bertz CT molecular complexity index is 867. The third-order valence-electron chi connectivity index (χ3n) is 3.70. The van der Waals surface area contributed by atoms with Gasteiger partial charge >= 0.3 is 0 Å². The van der Waals surface area contributed by atoms with Crippen LogP contribution in [0.1, 0.15) is 49.2 Å². The third kappa shape index (κ3) is 5.26. The Morgan fingerprint density at radius 3 is 2.38 bits per heavy atom. The molecule has 0 aliphatic heterocycles. The molecule has 2 aromatic rings. The van der Waals surface area contributed by atoms with Gasteiger partial charge in [0.1, 0.15) is 5.82 Å². The maximum atomic E-state index is 12.4. The largest absolute Gasteiger partial charge is 0.368 e. The van der Waals surface area contributed by atoms with E-state index in [0.29, 0.717) is 23.4 Å². The molecule has 1 amide bonds. The van der Waals surface area contributed by atoms with Crippen molar-refractivity contribution in [2.75, 3.05) is 11.6 Å². The number of sulfone groups is 1. The first-order valence-corrected chi connectivity index (χ1v) is 10.3. The minimum absolute atomic E-state index is 0.0187. The number of nitrogens with one attached hydrogen (secondary N) is 2. The Morgan fingerprint density at radius 1 is 1.19 bits per heavy atom. The van der Waals surface area contributed by atoms with E-state index in [1.54, 1.807) is 30.6 Å². The molecule has 2 N–H and O–H groups in total. The zero-order valence-electron chi connectivity index (χ0n) is 15.4. The maximum absolute atomic E-state index is 12.4. The van der Waals surface area contributed by atoms with Crippen LogP contribution in [0, 0.1) is 0 Å². The lowest BCUT2D eigenvalue weighted by atomic mass is 10.0. The van der Waals surface area contributed by atoms with E-state index in [2.05, 4.69) is 20.6 Å². The monoisotopic (exact) mass is 376 g/mol. The van der Waals surface area contributed by atoms with Gasteiger partial charge in [0.15, 0.2) is 14.9 Å². The normalized spacial score (nSPS) is 12.7. The fourth-order valence-corrected chi connectivity index (χ4v) is 3.07. The van der Waals surface area contributed by atoms with E-state index in [1.807, 2.05) is 20.8 Å². The van der Waals surface area contributed by atoms with Crippen LogP contribution in [-0.2, 0) is 9.84 Å². The number of aromatic nitrogens is 2. The van der Waals surface area contributed by atoms with Crippen LogP contribution in [0.2, 0.25) is 0 Å². The zero-order valence-corrected chi connectivity index (χ0v) is 16.2. The molecule has 1 atom stereocenters. The predicted molar refractivity (Wildman–Crippen MR) is 101 cm³/mol. The first kappa shape index (κ1) is 19.8. The fourth-order valence-electron chi connectivity index (χ4n) is 2.45. The lowest BCUT2D eigenvalue weighted by molar-refractivity contribution is 0.0935. The predicted octanol–water partition coefficient (Wildman–Crippen LogP) is 2.58. The van der Waals surface area contributed by atoms with Crippen LogP contribution in [0.4, 0.5) is 5.82 Å². The van der Waals surface area contributed by atoms with Crippen LogP contribution in [0.25, 0.3) is 0 Å². The number of carbonyl (C=O) groups is 1. The molecule has 0 spiro atoms. The van der Waals surface area contributed by atoms with E-state index in [9.17, 15) is 13.2 Å². The first-order chi connectivity index (χ1) is 12.2. The molecule has 140 valence electrons. The fraction of sp³-hybridized carbons (Fsp3) is 0.389. The van der Waals surface area contributed by atoms with Gasteiger partial charge in [-0.15, -0.1) is 0 Å². The van der Waals surface area contributed by atoms with Crippen molar-refractivity contribution in [1.29, 1.82) is 0 Å². The molecular formula is C18H24N4O3S. The van der Waals surface area contributed by atoms with E-state index >= 15 is 0 Å². The molecule has 2 heterocycles. The molecule has 26 heavy (non-hydrogen) atoms. The van der Waals surface area contributed by atoms with Crippen LogP contribution in [0.3, 0.4) is 0 Å². The van der Waals surface area contributed by atoms with Gasteiger partial charge in [-0.25, -0.2) is 13.4 Å². The van der Waals surface area contributed by atoms with Gasteiger partial charge in [-0.1, -0.05) is 6.92 Å². The van der Waals surface area contributed by atoms with E-state index in [0.717, 1.165) is 6.26 Å². The Hall–Kier alpha value is -2.48. The summed E-state index contributed by atoms with van der Waals surface area (Å²) in [6.45, 7) is 5.81. The lowest BCUT2D eigenvalue weighted by Crippen LogP contribution is -2.28. The molecule has 0 bridgehead atoms. The van der Waals surface area contributed by atoms with Gasteiger partial charge < -0.3 is 10.6 Å². The van der Waals surface area contributed by atoms with Crippen molar-refractivity contribution in [3.8, 4) is 0 Å². The molecule has 0 unspecified atom stereocenters. The Balaban J connectivity index is 2.37. The summed E-state index contributed by atoms with van der Waals surface area (Å²) in [5.41, 5.74) is 1.19.